The molecule has 0 N–H and O–H groups in total. The lowest BCUT2D eigenvalue weighted by atomic mass is 10.1. The van der Waals surface area contributed by atoms with E-state index in [4.69, 9.17) is 0 Å². The van der Waals surface area contributed by atoms with Crippen LogP contribution in [0.4, 0.5) is 0 Å². The molecule has 1 fully saturated rings. The zero-order valence-electron chi connectivity index (χ0n) is 16.2. The molecule has 0 radical (unpaired) electrons. The minimum atomic E-state index is 0.232. The van der Waals surface area contributed by atoms with Gasteiger partial charge in [0.1, 0.15) is 0 Å². The summed E-state index contributed by atoms with van der Waals surface area (Å²) in [5, 5.41) is 9.78. The van der Waals surface area contributed by atoms with E-state index in [-0.39, 0.29) is 11.9 Å². The molecule has 1 aliphatic rings. The van der Waals surface area contributed by atoms with Gasteiger partial charge in [0.2, 0.25) is 5.91 Å². The van der Waals surface area contributed by atoms with Crippen molar-refractivity contribution in [2.75, 3.05) is 32.9 Å². The summed E-state index contributed by atoms with van der Waals surface area (Å²) < 4.78 is 2.23. The first-order valence-electron chi connectivity index (χ1n) is 9.58. The molecule has 1 atom stereocenters. The Hall–Kier alpha value is -1.08. The van der Waals surface area contributed by atoms with Gasteiger partial charge in [-0.1, -0.05) is 32.0 Å². The van der Waals surface area contributed by atoms with Crippen molar-refractivity contribution in [3.8, 4) is 0 Å². The Kier molecular flexibility index (Phi) is 8.22. The van der Waals surface area contributed by atoms with Crippen molar-refractivity contribution in [1.29, 1.82) is 0 Å². The minimum Gasteiger partial charge on any atom is -0.342 e. The number of carbonyl (C=O) groups is 1. The topological polar surface area (TPSA) is 54.3 Å². The second kappa shape index (κ2) is 10.2. The highest BCUT2D eigenvalue weighted by atomic mass is 32.2. The third kappa shape index (κ3) is 5.45. The predicted octanol–water partition coefficient (Wildman–Crippen LogP) is 3.20. The molecule has 1 saturated heterocycles. The number of hydrogen-bond donors (Lipinski definition) is 0. The molecule has 0 aliphatic carbocycles. The SMILES string of the molecule is CCCCn1c(SCC(=O)N2CCCCC2)nnc1C(CC)N(C)C. The quantitative estimate of drug-likeness (QED) is 0.627. The van der Waals surface area contributed by atoms with Gasteiger partial charge >= 0.3 is 0 Å². The van der Waals surface area contributed by atoms with E-state index in [0.717, 1.165) is 62.7 Å². The Balaban J connectivity index is 2.08. The average Bonchev–Trinajstić information content (AvgIpc) is 3.01. The van der Waals surface area contributed by atoms with Crippen LogP contribution in [0.5, 0.6) is 0 Å². The average molecular weight is 368 g/mol. The molecule has 0 aromatic carbocycles. The molecule has 6 nitrogen and oxygen atoms in total. The van der Waals surface area contributed by atoms with Gasteiger partial charge in [-0.25, -0.2) is 0 Å². The van der Waals surface area contributed by atoms with Crippen molar-refractivity contribution >= 4 is 17.7 Å². The number of unbranched alkanes of at least 4 members (excludes halogenated alkanes) is 1. The van der Waals surface area contributed by atoms with Gasteiger partial charge in [-0.2, -0.15) is 0 Å². The number of hydrogen-bond acceptors (Lipinski definition) is 5. The molecule has 2 rings (SSSR count). The molecular weight excluding hydrogens is 334 g/mol. The first kappa shape index (κ1) is 20.2. The van der Waals surface area contributed by atoms with E-state index in [9.17, 15) is 4.79 Å². The number of carbonyl (C=O) groups excluding carboxylic acids is 1. The summed E-state index contributed by atoms with van der Waals surface area (Å²) in [5.41, 5.74) is 0. The lowest BCUT2D eigenvalue weighted by Gasteiger charge is -2.26. The second-order valence-corrected chi connectivity index (χ2v) is 7.91. The Morgan fingerprint density at radius 3 is 2.52 bits per heavy atom. The summed E-state index contributed by atoms with van der Waals surface area (Å²) >= 11 is 1.54. The van der Waals surface area contributed by atoms with Gasteiger partial charge in [-0.15, -0.1) is 10.2 Å². The number of aromatic nitrogens is 3. The van der Waals surface area contributed by atoms with E-state index in [1.165, 1.54) is 18.2 Å². The van der Waals surface area contributed by atoms with E-state index >= 15 is 0 Å². The molecule has 25 heavy (non-hydrogen) atoms. The fourth-order valence-corrected chi connectivity index (χ4v) is 4.19. The molecule has 0 spiro atoms. The maximum Gasteiger partial charge on any atom is 0.233 e. The van der Waals surface area contributed by atoms with Crippen LogP contribution < -0.4 is 0 Å². The number of piperidine rings is 1. The Morgan fingerprint density at radius 2 is 1.92 bits per heavy atom. The highest BCUT2D eigenvalue weighted by Crippen LogP contribution is 2.26. The van der Waals surface area contributed by atoms with Crippen LogP contribution in [0.2, 0.25) is 0 Å². The Labute approximate surface area is 156 Å². The van der Waals surface area contributed by atoms with E-state index in [1.54, 1.807) is 0 Å². The molecule has 1 aromatic rings. The molecular formula is C18H33N5OS. The smallest absolute Gasteiger partial charge is 0.233 e. The van der Waals surface area contributed by atoms with E-state index < -0.39 is 0 Å². The summed E-state index contributed by atoms with van der Waals surface area (Å²) in [4.78, 5) is 16.6. The summed E-state index contributed by atoms with van der Waals surface area (Å²) in [6, 6.07) is 0.261. The lowest BCUT2D eigenvalue weighted by Crippen LogP contribution is -2.36. The summed E-state index contributed by atoms with van der Waals surface area (Å²) in [5.74, 6) is 1.72. The lowest BCUT2D eigenvalue weighted by molar-refractivity contribution is -0.129. The predicted molar refractivity (Wildman–Crippen MR) is 103 cm³/mol. The van der Waals surface area contributed by atoms with Crippen LogP contribution >= 0.6 is 11.8 Å². The molecule has 7 heteroatoms. The second-order valence-electron chi connectivity index (χ2n) is 6.96. The van der Waals surface area contributed by atoms with Crippen molar-refractivity contribution in [3.63, 3.8) is 0 Å². The number of nitrogens with zero attached hydrogens (tertiary/aromatic N) is 5. The van der Waals surface area contributed by atoms with Crippen molar-refractivity contribution in [2.24, 2.45) is 0 Å². The first-order valence-corrected chi connectivity index (χ1v) is 10.6. The molecule has 1 aromatic heterocycles. The summed E-state index contributed by atoms with van der Waals surface area (Å²) in [6.45, 7) is 7.11. The van der Waals surface area contributed by atoms with E-state index in [1.807, 2.05) is 4.90 Å². The van der Waals surface area contributed by atoms with Gasteiger partial charge in [0.25, 0.3) is 0 Å². The van der Waals surface area contributed by atoms with Crippen LogP contribution in [0, 0.1) is 0 Å². The highest BCUT2D eigenvalue weighted by Gasteiger charge is 2.23. The van der Waals surface area contributed by atoms with Crippen LogP contribution in [0.25, 0.3) is 0 Å². The zero-order chi connectivity index (χ0) is 18.2. The zero-order valence-corrected chi connectivity index (χ0v) is 17.0. The molecule has 1 unspecified atom stereocenters. The maximum absolute atomic E-state index is 12.4. The number of amides is 1. The van der Waals surface area contributed by atoms with Crippen molar-refractivity contribution in [2.45, 2.75) is 70.1 Å². The third-order valence-electron chi connectivity index (χ3n) is 4.82. The number of likely N-dealkylation sites (tertiary alicyclic amines) is 1. The monoisotopic (exact) mass is 367 g/mol. The minimum absolute atomic E-state index is 0.232. The highest BCUT2D eigenvalue weighted by molar-refractivity contribution is 7.99. The van der Waals surface area contributed by atoms with Gasteiger partial charge in [0, 0.05) is 19.6 Å². The molecule has 1 amide bonds. The van der Waals surface area contributed by atoms with Crippen molar-refractivity contribution in [1.82, 2.24) is 24.6 Å². The molecule has 0 saturated carbocycles. The normalized spacial score (nSPS) is 16.4. The van der Waals surface area contributed by atoms with Gasteiger partial charge in [0.15, 0.2) is 11.0 Å². The third-order valence-corrected chi connectivity index (χ3v) is 5.77. The number of rotatable bonds is 9. The molecule has 2 heterocycles. The van der Waals surface area contributed by atoms with Gasteiger partial charge in [0.05, 0.1) is 11.8 Å². The van der Waals surface area contributed by atoms with Crippen molar-refractivity contribution < 1.29 is 4.79 Å². The standard InChI is InChI=1S/C18H33N5OS/c1-5-7-13-23-17(15(6-2)21(3)4)19-20-18(23)25-14-16(24)22-11-9-8-10-12-22/h15H,5-14H2,1-4H3. The van der Waals surface area contributed by atoms with E-state index in [2.05, 4.69) is 47.6 Å². The first-order chi connectivity index (χ1) is 12.1. The Morgan fingerprint density at radius 1 is 1.20 bits per heavy atom. The molecule has 0 bridgehead atoms. The van der Waals surface area contributed by atoms with E-state index in [0.29, 0.717) is 5.75 Å². The van der Waals surface area contributed by atoms with Crippen LogP contribution in [-0.4, -0.2) is 63.4 Å². The summed E-state index contributed by atoms with van der Waals surface area (Å²) in [6.07, 6.45) is 6.74. The Bertz CT molecular complexity index is 540. The molecule has 1 aliphatic heterocycles. The fourth-order valence-electron chi connectivity index (χ4n) is 3.32. The summed E-state index contributed by atoms with van der Waals surface area (Å²) in [7, 11) is 4.17. The van der Waals surface area contributed by atoms with Crippen LogP contribution in [0.1, 0.15) is 64.2 Å². The van der Waals surface area contributed by atoms with Crippen LogP contribution in [-0.2, 0) is 11.3 Å². The van der Waals surface area contributed by atoms with Gasteiger partial charge in [-0.3, -0.25) is 9.69 Å². The van der Waals surface area contributed by atoms with Gasteiger partial charge < -0.3 is 9.47 Å². The number of thioether (sulfide) groups is 1. The maximum atomic E-state index is 12.4. The van der Waals surface area contributed by atoms with Crippen LogP contribution in [0.15, 0.2) is 5.16 Å². The van der Waals surface area contributed by atoms with Crippen LogP contribution in [0.3, 0.4) is 0 Å². The largest absolute Gasteiger partial charge is 0.342 e. The molecule has 142 valence electrons. The van der Waals surface area contributed by atoms with Gasteiger partial charge in [-0.05, 0) is 46.2 Å². The van der Waals surface area contributed by atoms with Crippen molar-refractivity contribution in [3.05, 3.63) is 5.82 Å². The fraction of sp³-hybridized carbons (Fsp3) is 0.833.